The summed E-state index contributed by atoms with van der Waals surface area (Å²) in [7, 11) is 6.52. The Labute approximate surface area is 281 Å². The standard InChI is InChI=1S/C32H32F3N7O3.C2H4O2/c1-20-27(29(43)45-4)28(41(31(38)44)30(37)40(20)25-9-5-8-24(16-25)32(33,34)35)26-11-10-21(17-36)15-23(26)12-14-42(2,3)19-22-7-6-13-39-18-22;1-4-2-3/h5-11,13,15-16,18,28,37H,12,14,19H2,1-4H3,(H-,38,44);2H,1H3/p+1/t28-;/m1./s1. The van der Waals surface area contributed by atoms with E-state index in [4.69, 9.17) is 20.7 Å². The Morgan fingerprint density at radius 3 is 2.39 bits per heavy atom. The molecule has 3 N–H and O–H groups in total. The van der Waals surface area contributed by atoms with Crippen molar-refractivity contribution in [2.24, 2.45) is 5.73 Å². The molecule has 258 valence electrons. The Morgan fingerprint density at radius 2 is 1.84 bits per heavy atom. The van der Waals surface area contributed by atoms with Crippen LogP contribution in [0, 0.1) is 16.7 Å². The number of hydrogen-bond acceptors (Lipinski definition) is 8. The number of halogens is 3. The lowest BCUT2D eigenvalue weighted by Crippen LogP contribution is -2.55. The molecule has 3 aromatic rings. The van der Waals surface area contributed by atoms with Crippen LogP contribution in [-0.2, 0) is 38.2 Å². The summed E-state index contributed by atoms with van der Waals surface area (Å²) in [6.45, 7) is 3.06. The number of esters is 1. The highest BCUT2D eigenvalue weighted by Gasteiger charge is 2.44. The minimum Gasteiger partial charge on any atom is -0.471 e. The number of hydrogen-bond donors (Lipinski definition) is 2. The molecule has 0 radical (unpaired) electrons. The Morgan fingerprint density at radius 1 is 1.14 bits per heavy atom. The van der Waals surface area contributed by atoms with Gasteiger partial charge in [-0.15, -0.1) is 0 Å². The van der Waals surface area contributed by atoms with Gasteiger partial charge in [-0.2, -0.15) is 18.4 Å². The third kappa shape index (κ3) is 8.99. The number of amides is 2. The summed E-state index contributed by atoms with van der Waals surface area (Å²) in [4.78, 5) is 41.5. The molecule has 15 heteroatoms. The number of alkyl halides is 3. The maximum Gasteiger partial charge on any atom is 0.416 e. The number of guanidine groups is 1. The first-order valence-electron chi connectivity index (χ1n) is 14.7. The zero-order chi connectivity index (χ0) is 36.5. The fourth-order valence-corrected chi connectivity index (χ4v) is 5.52. The summed E-state index contributed by atoms with van der Waals surface area (Å²) in [6, 6.07) is 12.5. The SMILES string of the molecule is COC(=O)C1=C(C)N(c2cccc(C(F)(F)F)c2)C(=N)N(C(N)=O)[C@@H]1c1ccc(C#N)cc1CC[N+](C)(C)Cc1cccnc1.COC=O. The summed E-state index contributed by atoms with van der Waals surface area (Å²) in [5.74, 6) is -1.42. The van der Waals surface area contributed by atoms with Gasteiger partial charge in [0, 0.05) is 35.8 Å². The van der Waals surface area contributed by atoms with Crippen molar-refractivity contribution in [2.45, 2.75) is 32.1 Å². The zero-order valence-electron chi connectivity index (χ0n) is 27.6. The third-order valence-electron chi connectivity index (χ3n) is 7.75. The van der Waals surface area contributed by atoms with Gasteiger partial charge in [0.1, 0.15) is 12.6 Å². The van der Waals surface area contributed by atoms with Gasteiger partial charge in [0.25, 0.3) is 6.47 Å². The zero-order valence-corrected chi connectivity index (χ0v) is 27.6. The van der Waals surface area contributed by atoms with Crippen molar-refractivity contribution in [1.29, 1.82) is 10.7 Å². The second-order valence-corrected chi connectivity index (χ2v) is 11.6. The molecule has 2 heterocycles. The molecule has 0 saturated heterocycles. The molecular weight excluding hydrogens is 643 g/mol. The quantitative estimate of drug-likeness (QED) is 0.183. The second kappa shape index (κ2) is 15.9. The summed E-state index contributed by atoms with van der Waals surface area (Å²) in [5, 5.41) is 18.7. The number of nitrogens with zero attached hydrogens (tertiary/aromatic N) is 5. The number of benzene rings is 2. The van der Waals surface area contributed by atoms with Gasteiger partial charge in [0.05, 0.1) is 57.6 Å². The molecule has 0 saturated carbocycles. The molecular formula is C34H37F3N7O5+. The van der Waals surface area contributed by atoms with Gasteiger partial charge in [0.15, 0.2) is 0 Å². The fourth-order valence-electron chi connectivity index (χ4n) is 5.52. The van der Waals surface area contributed by atoms with E-state index >= 15 is 0 Å². The van der Waals surface area contributed by atoms with Crippen molar-refractivity contribution in [1.82, 2.24) is 9.88 Å². The van der Waals surface area contributed by atoms with E-state index in [0.29, 0.717) is 47.2 Å². The van der Waals surface area contributed by atoms with E-state index in [0.717, 1.165) is 34.6 Å². The van der Waals surface area contributed by atoms with Crippen LogP contribution >= 0.6 is 0 Å². The second-order valence-electron chi connectivity index (χ2n) is 11.6. The van der Waals surface area contributed by atoms with E-state index in [1.54, 1.807) is 24.5 Å². The highest BCUT2D eigenvalue weighted by atomic mass is 19.4. The number of ether oxygens (including phenoxy) is 2. The van der Waals surface area contributed by atoms with Gasteiger partial charge in [0.2, 0.25) is 5.96 Å². The van der Waals surface area contributed by atoms with Crippen LogP contribution in [0.4, 0.5) is 23.7 Å². The number of carbonyl (C=O) groups is 3. The first kappa shape index (κ1) is 37.7. The van der Waals surface area contributed by atoms with Gasteiger partial charge < -0.3 is 19.7 Å². The molecule has 1 atom stereocenters. The number of nitrogens with one attached hydrogen (secondary N) is 1. The first-order chi connectivity index (χ1) is 23.1. The molecule has 2 amide bonds. The van der Waals surface area contributed by atoms with Crippen LogP contribution in [0.3, 0.4) is 0 Å². The van der Waals surface area contributed by atoms with E-state index in [-0.39, 0.29) is 17.0 Å². The van der Waals surface area contributed by atoms with Gasteiger partial charge in [-0.25, -0.2) is 9.59 Å². The molecule has 0 bridgehead atoms. The highest BCUT2D eigenvalue weighted by molar-refractivity contribution is 6.10. The number of urea groups is 1. The molecule has 1 aliphatic rings. The smallest absolute Gasteiger partial charge is 0.416 e. The van der Waals surface area contributed by atoms with Crippen molar-refractivity contribution in [3.05, 3.63) is 106 Å². The topological polar surface area (TPSA) is 163 Å². The van der Waals surface area contributed by atoms with Crippen LogP contribution in [-0.4, -0.2) is 73.7 Å². The number of nitrogens with two attached hydrogens (primary N) is 1. The molecule has 2 aromatic carbocycles. The number of nitriles is 1. The lowest BCUT2D eigenvalue weighted by Gasteiger charge is -2.43. The molecule has 1 aliphatic heterocycles. The van der Waals surface area contributed by atoms with Crippen LogP contribution < -0.4 is 10.6 Å². The van der Waals surface area contributed by atoms with Crippen LogP contribution in [0.5, 0.6) is 0 Å². The predicted octanol–water partition coefficient (Wildman–Crippen LogP) is 4.90. The summed E-state index contributed by atoms with van der Waals surface area (Å²) >= 11 is 0. The molecule has 0 fully saturated rings. The lowest BCUT2D eigenvalue weighted by molar-refractivity contribution is -0.903. The van der Waals surface area contributed by atoms with Crippen LogP contribution in [0.1, 0.15) is 40.8 Å². The Balaban J connectivity index is 0.00000154. The predicted molar refractivity (Wildman–Crippen MR) is 173 cm³/mol. The maximum absolute atomic E-state index is 13.6. The number of methoxy groups -OCH3 is 2. The number of anilines is 1. The molecule has 1 aromatic heterocycles. The molecule has 0 spiro atoms. The third-order valence-corrected chi connectivity index (χ3v) is 7.75. The van der Waals surface area contributed by atoms with Gasteiger partial charge >= 0.3 is 18.2 Å². The molecule has 4 rings (SSSR count). The number of allylic oxidation sites excluding steroid dienone is 1. The van der Waals surface area contributed by atoms with Crippen molar-refractivity contribution in [2.75, 3.05) is 39.8 Å². The Kier molecular flexibility index (Phi) is 12.2. The summed E-state index contributed by atoms with van der Waals surface area (Å²) < 4.78 is 50.3. The first-order valence-corrected chi connectivity index (χ1v) is 14.7. The number of pyridine rings is 1. The van der Waals surface area contributed by atoms with E-state index in [1.807, 2.05) is 26.2 Å². The largest absolute Gasteiger partial charge is 0.471 e. The average Bonchev–Trinajstić information content (AvgIpc) is 3.06. The molecule has 49 heavy (non-hydrogen) atoms. The van der Waals surface area contributed by atoms with Crippen LogP contribution in [0.2, 0.25) is 0 Å². The van der Waals surface area contributed by atoms with E-state index < -0.39 is 35.7 Å². The van der Waals surface area contributed by atoms with Crippen molar-refractivity contribution in [3.8, 4) is 6.07 Å². The maximum atomic E-state index is 13.6. The van der Waals surface area contributed by atoms with E-state index in [2.05, 4.69) is 15.8 Å². The van der Waals surface area contributed by atoms with Crippen molar-refractivity contribution < 1.29 is 41.5 Å². The average molecular weight is 681 g/mol. The Bertz CT molecular complexity index is 1770. The van der Waals surface area contributed by atoms with Crippen LogP contribution in [0.25, 0.3) is 0 Å². The van der Waals surface area contributed by atoms with E-state index in [9.17, 15) is 28.0 Å². The van der Waals surface area contributed by atoms with Gasteiger partial charge in [-0.1, -0.05) is 18.2 Å². The number of carbonyl (C=O) groups excluding carboxylic acids is 3. The van der Waals surface area contributed by atoms with Gasteiger partial charge in [-0.05, 0) is 54.4 Å². The Hall–Kier alpha value is -5.75. The monoisotopic (exact) mass is 680 g/mol. The van der Waals surface area contributed by atoms with Crippen molar-refractivity contribution in [3.63, 3.8) is 0 Å². The van der Waals surface area contributed by atoms with Crippen molar-refractivity contribution >= 4 is 30.1 Å². The summed E-state index contributed by atoms with van der Waals surface area (Å²) in [5.41, 5.74) is 7.12. The highest BCUT2D eigenvalue weighted by Crippen LogP contribution is 2.42. The minimum atomic E-state index is -4.68. The van der Waals surface area contributed by atoms with Gasteiger partial charge in [-0.3, -0.25) is 25.0 Å². The van der Waals surface area contributed by atoms with Crippen LogP contribution in [0.15, 0.2) is 78.3 Å². The lowest BCUT2D eigenvalue weighted by atomic mass is 9.87. The minimum absolute atomic E-state index is 0.0803. The number of quaternary nitrogens is 1. The number of likely N-dealkylation sites (N-methyl/N-ethyl adjacent to an activating group) is 1. The number of primary amides is 1. The normalized spacial score (nSPS) is 14.8. The number of rotatable bonds is 9. The number of aromatic nitrogens is 1. The fraction of sp³-hybridized carbons (Fsp3) is 0.294. The summed E-state index contributed by atoms with van der Waals surface area (Å²) in [6.07, 6.45) is -0.798. The van der Waals surface area contributed by atoms with E-state index in [1.165, 1.54) is 32.2 Å². The molecule has 0 unspecified atom stereocenters. The molecule has 0 aliphatic carbocycles. The molecule has 12 nitrogen and oxygen atoms in total.